The lowest BCUT2D eigenvalue weighted by molar-refractivity contribution is 0.447. The van der Waals surface area contributed by atoms with Crippen LogP contribution in [0.3, 0.4) is 0 Å². The first-order chi connectivity index (χ1) is 14.4. The van der Waals surface area contributed by atoms with E-state index in [1.54, 1.807) is 12.1 Å². The minimum Gasteiger partial charge on any atom is -0.206 e. The zero-order chi connectivity index (χ0) is 21.4. The van der Waals surface area contributed by atoms with E-state index in [1.165, 1.54) is 18.2 Å². The molecule has 0 fully saturated rings. The van der Waals surface area contributed by atoms with E-state index in [0.29, 0.717) is 24.0 Å². The molecule has 0 spiro atoms. The first kappa shape index (κ1) is 20.3. The fourth-order valence-electron chi connectivity index (χ4n) is 3.92. The summed E-state index contributed by atoms with van der Waals surface area (Å²) in [5.74, 6) is -5.31. The van der Waals surface area contributed by atoms with Crippen molar-refractivity contribution in [1.82, 2.24) is 0 Å². The summed E-state index contributed by atoms with van der Waals surface area (Å²) < 4.78 is 69.7. The predicted molar refractivity (Wildman–Crippen MR) is 108 cm³/mol. The monoisotopic (exact) mass is 414 g/mol. The molecular weight excluding hydrogens is 395 g/mol. The molecule has 0 saturated carbocycles. The van der Waals surface area contributed by atoms with Crippen molar-refractivity contribution in [3.05, 3.63) is 93.8 Å². The number of halogens is 5. The molecular formula is C25H19F5. The molecule has 0 saturated heterocycles. The Morgan fingerprint density at radius 1 is 0.733 bits per heavy atom. The average Bonchev–Trinajstić information content (AvgIpc) is 2.71. The van der Waals surface area contributed by atoms with Crippen LogP contribution in [0.2, 0.25) is 0 Å². The highest BCUT2D eigenvalue weighted by molar-refractivity contribution is 5.85. The normalized spacial score (nSPS) is 13.2. The maximum Gasteiger partial charge on any atom is 0.194 e. The molecule has 3 aromatic carbocycles. The molecule has 1 aliphatic rings. The van der Waals surface area contributed by atoms with E-state index in [4.69, 9.17) is 0 Å². The van der Waals surface area contributed by atoms with Gasteiger partial charge in [0.1, 0.15) is 11.6 Å². The summed E-state index contributed by atoms with van der Waals surface area (Å²) in [6.45, 7) is 2.03. The van der Waals surface area contributed by atoms with Crippen LogP contribution >= 0.6 is 0 Å². The zero-order valence-corrected chi connectivity index (χ0v) is 16.3. The van der Waals surface area contributed by atoms with Crippen molar-refractivity contribution < 1.29 is 22.0 Å². The Hall–Kier alpha value is -2.95. The third-order valence-electron chi connectivity index (χ3n) is 5.44. The van der Waals surface area contributed by atoms with Crippen LogP contribution in [0.25, 0.3) is 22.8 Å². The second-order valence-electron chi connectivity index (χ2n) is 7.52. The van der Waals surface area contributed by atoms with Crippen molar-refractivity contribution >= 4 is 11.6 Å². The quantitative estimate of drug-likeness (QED) is 0.306. The number of allylic oxidation sites excluding steroid dienone is 1. The molecule has 5 heteroatoms. The van der Waals surface area contributed by atoms with Crippen molar-refractivity contribution in [2.45, 2.75) is 32.6 Å². The molecule has 0 nitrogen and oxygen atoms in total. The van der Waals surface area contributed by atoms with Crippen molar-refractivity contribution in [3.63, 3.8) is 0 Å². The number of aryl methyl sites for hydroxylation is 2. The van der Waals surface area contributed by atoms with Gasteiger partial charge in [-0.05, 0) is 77.4 Å². The number of fused-ring (bicyclic) bond motifs is 1. The Morgan fingerprint density at radius 3 is 2.10 bits per heavy atom. The van der Waals surface area contributed by atoms with E-state index in [-0.39, 0.29) is 16.9 Å². The van der Waals surface area contributed by atoms with E-state index >= 15 is 0 Å². The Labute approximate surface area is 171 Å². The number of rotatable bonds is 4. The van der Waals surface area contributed by atoms with Crippen molar-refractivity contribution in [3.8, 4) is 11.1 Å². The van der Waals surface area contributed by atoms with Gasteiger partial charge in [-0.25, -0.2) is 22.0 Å². The average molecular weight is 414 g/mol. The van der Waals surface area contributed by atoms with Gasteiger partial charge < -0.3 is 0 Å². The second-order valence-corrected chi connectivity index (χ2v) is 7.52. The molecule has 0 amide bonds. The van der Waals surface area contributed by atoms with Crippen LogP contribution in [0.5, 0.6) is 0 Å². The minimum atomic E-state index is -1.59. The van der Waals surface area contributed by atoms with Gasteiger partial charge in [-0.3, -0.25) is 0 Å². The SMILES string of the molecule is CCCc1ccc(C2=Cc3cc(F)c(-c4cc(F)c(F)c(F)c4)cc3CC2)c(F)c1. The summed E-state index contributed by atoms with van der Waals surface area (Å²) in [7, 11) is 0. The largest absolute Gasteiger partial charge is 0.206 e. The van der Waals surface area contributed by atoms with E-state index in [9.17, 15) is 22.0 Å². The molecule has 0 heterocycles. The highest BCUT2D eigenvalue weighted by atomic mass is 19.2. The van der Waals surface area contributed by atoms with E-state index in [2.05, 4.69) is 0 Å². The summed E-state index contributed by atoms with van der Waals surface area (Å²) in [5, 5.41) is 0. The molecule has 30 heavy (non-hydrogen) atoms. The fraction of sp³-hybridized carbons (Fsp3) is 0.200. The summed E-state index contributed by atoms with van der Waals surface area (Å²) in [4.78, 5) is 0. The topological polar surface area (TPSA) is 0 Å². The van der Waals surface area contributed by atoms with Crippen LogP contribution in [-0.2, 0) is 12.8 Å². The summed E-state index contributed by atoms with van der Waals surface area (Å²) >= 11 is 0. The molecule has 0 N–H and O–H groups in total. The van der Waals surface area contributed by atoms with Gasteiger partial charge in [0.2, 0.25) is 0 Å². The van der Waals surface area contributed by atoms with E-state index in [0.717, 1.165) is 41.7 Å². The van der Waals surface area contributed by atoms with Gasteiger partial charge in [0, 0.05) is 11.1 Å². The number of hydrogen-bond acceptors (Lipinski definition) is 0. The van der Waals surface area contributed by atoms with Crippen LogP contribution in [0, 0.1) is 29.1 Å². The van der Waals surface area contributed by atoms with Gasteiger partial charge in [-0.2, -0.15) is 0 Å². The van der Waals surface area contributed by atoms with Gasteiger partial charge in [-0.1, -0.05) is 31.6 Å². The minimum absolute atomic E-state index is 0.00139. The molecule has 3 aromatic rings. The van der Waals surface area contributed by atoms with Gasteiger partial charge in [0.25, 0.3) is 0 Å². The molecule has 0 aromatic heterocycles. The number of hydrogen-bond donors (Lipinski definition) is 0. The smallest absolute Gasteiger partial charge is 0.194 e. The van der Waals surface area contributed by atoms with Gasteiger partial charge in [0.05, 0.1) is 0 Å². The van der Waals surface area contributed by atoms with Gasteiger partial charge >= 0.3 is 0 Å². The highest BCUT2D eigenvalue weighted by Gasteiger charge is 2.20. The van der Waals surface area contributed by atoms with Crippen LogP contribution in [0.15, 0.2) is 42.5 Å². The molecule has 0 atom stereocenters. The molecule has 0 bridgehead atoms. The third-order valence-corrected chi connectivity index (χ3v) is 5.44. The first-order valence-electron chi connectivity index (χ1n) is 9.84. The standard InChI is InChI=1S/C25H19F5/c1-2-3-14-4-7-19(21(26)8-14)16-6-5-15-10-20(22(27)11-17(15)9-16)18-12-23(28)25(30)24(29)13-18/h4,7-13H,2-3,5-6H2,1H3. The molecule has 0 aliphatic heterocycles. The maximum absolute atomic E-state index is 14.7. The van der Waals surface area contributed by atoms with Gasteiger partial charge in [-0.15, -0.1) is 0 Å². The van der Waals surface area contributed by atoms with Crippen LogP contribution in [-0.4, -0.2) is 0 Å². The summed E-state index contributed by atoms with van der Waals surface area (Å²) in [6.07, 6.45) is 4.55. The zero-order valence-electron chi connectivity index (χ0n) is 16.3. The lowest BCUT2D eigenvalue weighted by atomic mass is 9.86. The lowest BCUT2D eigenvalue weighted by Gasteiger charge is -2.19. The molecule has 1 aliphatic carbocycles. The Bertz CT molecular complexity index is 1140. The molecule has 4 rings (SSSR count). The van der Waals surface area contributed by atoms with Crippen molar-refractivity contribution in [2.24, 2.45) is 0 Å². The molecule has 0 unspecified atom stereocenters. The summed E-state index contributed by atoms with van der Waals surface area (Å²) in [6, 6.07) is 9.54. The highest BCUT2D eigenvalue weighted by Crippen LogP contribution is 2.36. The van der Waals surface area contributed by atoms with Crippen LogP contribution < -0.4 is 0 Å². The van der Waals surface area contributed by atoms with Crippen LogP contribution in [0.4, 0.5) is 22.0 Å². The van der Waals surface area contributed by atoms with Gasteiger partial charge in [0.15, 0.2) is 17.5 Å². The lowest BCUT2D eigenvalue weighted by Crippen LogP contribution is -2.03. The van der Waals surface area contributed by atoms with E-state index in [1.807, 2.05) is 13.0 Å². The third kappa shape index (κ3) is 3.76. The summed E-state index contributed by atoms with van der Waals surface area (Å²) in [5.41, 5.74) is 3.50. The Morgan fingerprint density at radius 2 is 1.43 bits per heavy atom. The fourth-order valence-corrected chi connectivity index (χ4v) is 3.92. The van der Waals surface area contributed by atoms with Crippen molar-refractivity contribution in [2.75, 3.05) is 0 Å². The number of benzene rings is 3. The predicted octanol–water partition coefficient (Wildman–Crippen LogP) is 7.49. The van der Waals surface area contributed by atoms with Crippen molar-refractivity contribution in [1.29, 1.82) is 0 Å². The first-order valence-corrected chi connectivity index (χ1v) is 9.84. The van der Waals surface area contributed by atoms with Crippen LogP contribution in [0.1, 0.15) is 42.0 Å². The molecule has 0 radical (unpaired) electrons. The second kappa shape index (κ2) is 8.05. The molecule has 154 valence electrons. The Kier molecular flexibility index (Phi) is 5.46. The van der Waals surface area contributed by atoms with E-state index < -0.39 is 23.3 Å². The maximum atomic E-state index is 14.7. The Balaban J connectivity index is 1.72.